The van der Waals surface area contributed by atoms with Crippen molar-refractivity contribution in [2.45, 2.75) is 34.1 Å². The average Bonchev–Trinajstić information content (AvgIpc) is 3.45. The highest BCUT2D eigenvalue weighted by atomic mass is 32.1. The molecule has 30 heavy (non-hydrogen) atoms. The van der Waals surface area contributed by atoms with Gasteiger partial charge in [0.05, 0.1) is 17.0 Å². The van der Waals surface area contributed by atoms with Crippen LogP contribution in [0.15, 0.2) is 60.5 Å². The van der Waals surface area contributed by atoms with Crippen molar-refractivity contribution in [3.05, 3.63) is 82.2 Å². The van der Waals surface area contributed by atoms with E-state index >= 15 is 0 Å². The predicted molar refractivity (Wildman–Crippen MR) is 127 cm³/mol. The zero-order valence-corrected chi connectivity index (χ0v) is 18.9. The molecule has 5 heteroatoms. The van der Waals surface area contributed by atoms with Crippen molar-refractivity contribution in [2.24, 2.45) is 0 Å². The van der Waals surface area contributed by atoms with Crippen molar-refractivity contribution in [3.63, 3.8) is 0 Å². The lowest BCUT2D eigenvalue weighted by Gasteiger charge is -2.24. The number of hydrogen-bond acceptors (Lipinski definition) is 4. The lowest BCUT2D eigenvalue weighted by molar-refractivity contribution is 0.859. The summed E-state index contributed by atoms with van der Waals surface area (Å²) < 4.78 is 2.00. The Morgan fingerprint density at radius 2 is 1.77 bits per heavy atom. The molecule has 0 amide bonds. The summed E-state index contributed by atoms with van der Waals surface area (Å²) in [5.74, 6) is 0. The van der Waals surface area contributed by atoms with Gasteiger partial charge in [0, 0.05) is 54.2 Å². The minimum Gasteiger partial charge on any atom is -0.372 e. The first-order valence-corrected chi connectivity index (χ1v) is 11.3. The van der Waals surface area contributed by atoms with E-state index in [1.165, 1.54) is 22.4 Å². The third kappa shape index (κ3) is 4.17. The predicted octanol–water partition coefficient (Wildman–Crippen LogP) is 6.05. The lowest BCUT2D eigenvalue weighted by Crippen LogP contribution is -2.23. The molecular formula is C25H28N4S. The minimum atomic E-state index is 0.878. The molecule has 4 nitrogen and oxygen atoms in total. The largest absolute Gasteiger partial charge is 0.372 e. The fourth-order valence-corrected chi connectivity index (χ4v) is 4.69. The highest BCUT2D eigenvalue weighted by Crippen LogP contribution is 2.28. The Hall–Kier alpha value is -2.92. The van der Waals surface area contributed by atoms with Crippen LogP contribution in [0.5, 0.6) is 0 Å². The minimum absolute atomic E-state index is 0.878. The van der Waals surface area contributed by atoms with E-state index < -0.39 is 0 Å². The zero-order chi connectivity index (χ0) is 21.1. The molecule has 154 valence electrons. The first-order chi connectivity index (χ1) is 14.6. The maximum absolute atomic E-state index is 4.92. The van der Waals surface area contributed by atoms with E-state index in [0.29, 0.717) is 0 Å². The average molecular weight is 417 g/mol. The van der Waals surface area contributed by atoms with Crippen LogP contribution in [0.2, 0.25) is 0 Å². The Morgan fingerprint density at radius 1 is 1.00 bits per heavy atom. The van der Waals surface area contributed by atoms with Crippen LogP contribution < -0.4 is 4.90 Å². The second kappa shape index (κ2) is 8.84. The van der Waals surface area contributed by atoms with Crippen LogP contribution >= 0.6 is 11.3 Å². The summed E-state index contributed by atoms with van der Waals surface area (Å²) in [6.45, 7) is 10.9. The first-order valence-electron chi connectivity index (χ1n) is 10.5. The molecule has 2 aromatic carbocycles. The van der Waals surface area contributed by atoms with E-state index in [1.54, 1.807) is 17.5 Å². The zero-order valence-electron chi connectivity index (χ0n) is 18.1. The number of rotatable bonds is 7. The summed E-state index contributed by atoms with van der Waals surface area (Å²) in [6.07, 6.45) is 6.43. The number of hydrogen-bond donors (Lipinski definition) is 0. The quantitative estimate of drug-likeness (QED) is 0.368. The second-order valence-electron chi connectivity index (χ2n) is 7.56. The van der Waals surface area contributed by atoms with Crippen molar-refractivity contribution in [1.82, 2.24) is 14.5 Å². The number of imidazole rings is 1. The van der Waals surface area contributed by atoms with Crippen LogP contribution in [0, 0.1) is 13.8 Å². The molecule has 0 unspecified atom stereocenters. The molecule has 0 spiro atoms. The highest BCUT2D eigenvalue weighted by Gasteiger charge is 2.12. The molecule has 0 bridgehead atoms. The molecule has 0 atom stereocenters. The molecule has 0 N–H and O–H groups in total. The molecule has 4 aromatic rings. The van der Waals surface area contributed by atoms with Gasteiger partial charge in [-0.15, -0.1) is 11.3 Å². The van der Waals surface area contributed by atoms with Gasteiger partial charge in [0.1, 0.15) is 0 Å². The van der Waals surface area contributed by atoms with Gasteiger partial charge >= 0.3 is 0 Å². The maximum Gasteiger partial charge on any atom is 0.0991 e. The second-order valence-corrected chi connectivity index (χ2v) is 8.50. The molecule has 0 aliphatic heterocycles. The van der Waals surface area contributed by atoms with Crippen molar-refractivity contribution in [2.75, 3.05) is 18.0 Å². The van der Waals surface area contributed by atoms with Gasteiger partial charge in [0.15, 0.2) is 0 Å². The molecule has 0 saturated carbocycles. The SMILES string of the molecule is CCN(CC)c1cc(C)c(Cc2nc(-c3ccc(-n4ccnc4)cc3)cs2)cc1C. The van der Waals surface area contributed by atoms with Crippen molar-refractivity contribution < 1.29 is 0 Å². The molecule has 0 aliphatic rings. The molecule has 0 fully saturated rings. The summed E-state index contributed by atoms with van der Waals surface area (Å²) in [5.41, 5.74) is 8.67. The summed E-state index contributed by atoms with van der Waals surface area (Å²) in [7, 11) is 0. The molecule has 4 rings (SSSR count). The topological polar surface area (TPSA) is 34.0 Å². The number of nitrogens with zero attached hydrogens (tertiary/aromatic N) is 4. The van der Waals surface area contributed by atoms with E-state index in [2.05, 4.69) is 79.4 Å². The monoisotopic (exact) mass is 416 g/mol. The van der Waals surface area contributed by atoms with E-state index in [1.807, 2.05) is 17.1 Å². The number of anilines is 1. The Labute approximate surface area is 182 Å². The maximum atomic E-state index is 4.92. The van der Waals surface area contributed by atoms with Gasteiger partial charge in [-0.1, -0.05) is 18.2 Å². The van der Waals surface area contributed by atoms with Gasteiger partial charge in [-0.05, 0) is 62.6 Å². The molecule has 0 aliphatic carbocycles. The Kier molecular flexibility index (Phi) is 6.00. The third-order valence-electron chi connectivity index (χ3n) is 5.62. The standard InChI is InChI=1S/C25H28N4S/c1-5-28(6-2)24-14-18(3)21(13-19(24)4)15-25-27-23(16-30-25)20-7-9-22(10-8-20)29-12-11-26-17-29/h7-14,16-17H,5-6,15H2,1-4H3. The molecule has 0 saturated heterocycles. The van der Waals surface area contributed by atoms with Crippen LogP contribution in [-0.2, 0) is 6.42 Å². The van der Waals surface area contributed by atoms with Gasteiger partial charge < -0.3 is 9.47 Å². The molecular weight excluding hydrogens is 388 g/mol. The van der Waals surface area contributed by atoms with Gasteiger partial charge in [-0.3, -0.25) is 0 Å². The lowest BCUT2D eigenvalue weighted by atomic mass is 10.0. The number of aryl methyl sites for hydroxylation is 2. The van der Waals surface area contributed by atoms with Gasteiger partial charge in [0.2, 0.25) is 0 Å². The van der Waals surface area contributed by atoms with Crippen LogP contribution in [0.25, 0.3) is 16.9 Å². The van der Waals surface area contributed by atoms with Crippen LogP contribution in [0.3, 0.4) is 0 Å². The summed E-state index contributed by atoms with van der Waals surface area (Å²) >= 11 is 1.74. The third-order valence-corrected chi connectivity index (χ3v) is 6.47. The van der Waals surface area contributed by atoms with E-state index in [0.717, 1.165) is 41.5 Å². The Balaban J connectivity index is 1.53. The molecule has 2 aromatic heterocycles. The summed E-state index contributed by atoms with van der Waals surface area (Å²) in [4.78, 5) is 11.4. The van der Waals surface area contributed by atoms with Crippen molar-refractivity contribution >= 4 is 17.0 Å². The van der Waals surface area contributed by atoms with Gasteiger partial charge in [-0.25, -0.2) is 9.97 Å². The Bertz CT molecular complexity index is 1110. The van der Waals surface area contributed by atoms with Crippen LogP contribution in [0.4, 0.5) is 5.69 Å². The molecule has 0 radical (unpaired) electrons. The molecule has 2 heterocycles. The summed E-state index contributed by atoms with van der Waals surface area (Å²) in [5, 5.41) is 3.32. The van der Waals surface area contributed by atoms with Crippen molar-refractivity contribution in [1.29, 1.82) is 0 Å². The Morgan fingerprint density at radius 3 is 2.43 bits per heavy atom. The number of aromatic nitrogens is 3. The first kappa shape index (κ1) is 20.4. The normalized spacial score (nSPS) is 11.1. The van der Waals surface area contributed by atoms with Gasteiger partial charge in [-0.2, -0.15) is 0 Å². The van der Waals surface area contributed by atoms with E-state index in [9.17, 15) is 0 Å². The summed E-state index contributed by atoms with van der Waals surface area (Å²) in [6, 6.07) is 13.1. The highest BCUT2D eigenvalue weighted by molar-refractivity contribution is 7.10. The smallest absolute Gasteiger partial charge is 0.0991 e. The van der Waals surface area contributed by atoms with Gasteiger partial charge in [0.25, 0.3) is 0 Å². The van der Waals surface area contributed by atoms with Crippen LogP contribution in [0.1, 0.15) is 35.5 Å². The fraction of sp³-hybridized carbons (Fsp3) is 0.280. The van der Waals surface area contributed by atoms with E-state index in [-0.39, 0.29) is 0 Å². The fourth-order valence-electron chi connectivity index (χ4n) is 3.86. The van der Waals surface area contributed by atoms with Crippen molar-refractivity contribution in [3.8, 4) is 16.9 Å². The number of thiazole rings is 1. The van der Waals surface area contributed by atoms with E-state index in [4.69, 9.17) is 4.98 Å². The number of benzene rings is 2. The van der Waals surface area contributed by atoms with Crippen LogP contribution in [-0.4, -0.2) is 27.6 Å².